The summed E-state index contributed by atoms with van der Waals surface area (Å²) >= 11 is 10.8. The minimum absolute atomic E-state index is 0.733. The van der Waals surface area contributed by atoms with E-state index in [-0.39, 0.29) is 0 Å². The molecule has 0 bridgehead atoms. The van der Waals surface area contributed by atoms with Gasteiger partial charge in [0.15, 0.2) is 0 Å². The monoisotopic (exact) mass is 316 g/mol. The highest BCUT2D eigenvalue weighted by Gasteiger charge is 2.01. The Hall–Kier alpha value is -0.710. The number of benzene rings is 1. The van der Waals surface area contributed by atoms with Crippen molar-refractivity contribution in [3.05, 3.63) is 44.0 Å². The van der Waals surface area contributed by atoms with Crippen LogP contribution < -0.4 is 11.1 Å². The van der Waals surface area contributed by atoms with Crippen molar-refractivity contribution < 1.29 is 0 Å². The van der Waals surface area contributed by atoms with E-state index in [0.717, 1.165) is 26.7 Å². The molecule has 0 fully saturated rings. The maximum atomic E-state index is 5.88. The molecule has 1 heterocycles. The number of nitrogen functional groups attached to an aromatic ring is 1. The Balaban J connectivity index is 2.04. The van der Waals surface area contributed by atoms with Crippen LogP contribution in [0, 0.1) is 0 Å². The van der Waals surface area contributed by atoms with Gasteiger partial charge in [-0.25, -0.2) is 0 Å². The van der Waals surface area contributed by atoms with E-state index < -0.39 is 0 Å². The van der Waals surface area contributed by atoms with Crippen LogP contribution in [0.25, 0.3) is 0 Å². The van der Waals surface area contributed by atoms with Gasteiger partial charge in [0.05, 0.1) is 15.7 Å². The number of nitrogens with two attached hydrogens (primary N) is 1. The summed E-state index contributed by atoms with van der Waals surface area (Å²) in [7, 11) is 0. The number of thiophene rings is 1. The van der Waals surface area contributed by atoms with Gasteiger partial charge in [-0.05, 0) is 30.3 Å². The van der Waals surface area contributed by atoms with Crippen LogP contribution in [0.15, 0.2) is 34.8 Å². The largest absolute Gasteiger partial charge is 0.397 e. The number of halogens is 2. The zero-order chi connectivity index (χ0) is 11.5. The standard InChI is InChI=1S/C11H10BrClN2S/c12-7-1-3-10(9(14)5-7)15-6-8-2-4-11(13)16-8/h1-5,15H,6,14H2. The third kappa shape index (κ3) is 2.90. The highest BCUT2D eigenvalue weighted by atomic mass is 79.9. The molecular formula is C11H10BrClN2S. The van der Waals surface area contributed by atoms with Crippen LogP contribution in [0.1, 0.15) is 4.88 Å². The van der Waals surface area contributed by atoms with Crippen molar-refractivity contribution in [2.45, 2.75) is 6.54 Å². The van der Waals surface area contributed by atoms with Gasteiger partial charge >= 0.3 is 0 Å². The van der Waals surface area contributed by atoms with Gasteiger partial charge in [0.1, 0.15) is 0 Å². The zero-order valence-electron chi connectivity index (χ0n) is 8.34. The molecule has 0 radical (unpaired) electrons. The second-order valence-corrected chi connectivity index (χ2v) is 6.01. The summed E-state index contributed by atoms with van der Waals surface area (Å²) in [6, 6.07) is 9.70. The van der Waals surface area contributed by atoms with Gasteiger partial charge < -0.3 is 11.1 Å². The van der Waals surface area contributed by atoms with Crippen molar-refractivity contribution in [3.63, 3.8) is 0 Å². The summed E-state index contributed by atoms with van der Waals surface area (Å²) in [5.74, 6) is 0. The van der Waals surface area contributed by atoms with Crippen molar-refractivity contribution in [1.82, 2.24) is 0 Å². The molecule has 5 heteroatoms. The minimum atomic E-state index is 0.733. The van der Waals surface area contributed by atoms with Crippen LogP contribution in [0.5, 0.6) is 0 Å². The Morgan fingerprint density at radius 3 is 2.75 bits per heavy atom. The Morgan fingerprint density at radius 1 is 1.31 bits per heavy atom. The molecule has 0 atom stereocenters. The fraction of sp³-hybridized carbons (Fsp3) is 0.0909. The Bertz CT molecular complexity index is 498. The number of hydrogen-bond acceptors (Lipinski definition) is 3. The Kier molecular flexibility index (Phi) is 3.74. The minimum Gasteiger partial charge on any atom is -0.397 e. The molecule has 3 N–H and O–H groups in total. The van der Waals surface area contributed by atoms with Gasteiger partial charge in [-0.1, -0.05) is 27.5 Å². The summed E-state index contributed by atoms with van der Waals surface area (Å²) in [6.07, 6.45) is 0. The average molecular weight is 318 g/mol. The Labute approximate surface area is 112 Å². The highest BCUT2D eigenvalue weighted by molar-refractivity contribution is 9.10. The van der Waals surface area contributed by atoms with E-state index in [1.807, 2.05) is 30.3 Å². The lowest BCUT2D eigenvalue weighted by molar-refractivity contribution is 1.19. The second kappa shape index (κ2) is 5.08. The van der Waals surface area contributed by atoms with Crippen molar-refractivity contribution >= 4 is 50.2 Å². The fourth-order valence-corrected chi connectivity index (χ4v) is 2.73. The fourth-order valence-electron chi connectivity index (χ4n) is 1.32. The SMILES string of the molecule is Nc1cc(Br)ccc1NCc1ccc(Cl)s1. The first kappa shape index (κ1) is 11.8. The molecule has 2 nitrogen and oxygen atoms in total. The maximum Gasteiger partial charge on any atom is 0.0931 e. The molecule has 84 valence electrons. The first-order chi connectivity index (χ1) is 7.65. The van der Waals surface area contributed by atoms with Crippen molar-refractivity contribution in [2.75, 3.05) is 11.1 Å². The van der Waals surface area contributed by atoms with Gasteiger partial charge in [0.25, 0.3) is 0 Å². The molecule has 1 aromatic carbocycles. The molecule has 0 unspecified atom stereocenters. The molecule has 0 saturated carbocycles. The summed E-state index contributed by atoms with van der Waals surface area (Å²) in [5.41, 5.74) is 7.55. The van der Waals surface area contributed by atoms with E-state index >= 15 is 0 Å². The average Bonchev–Trinajstić information content (AvgIpc) is 2.63. The van der Waals surface area contributed by atoms with Gasteiger partial charge in [-0.15, -0.1) is 11.3 Å². The molecule has 0 aliphatic rings. The molecule has 0 aliphatic heterocycles. The molecule has 0 spiro atoms. The van der Waals surface area contributed by atoms with Crippen molar-refractivity contribution in [3.8, 4) is 0 Å². The maximum absolute atomic E-state index is 5.88. The molecule has 2 aromatic rings. The van der Waals surface area contributed by atoms with Crippen LogP contribution in [0.2, 0.25) is 4.34 Å². The van der Waals surface area contributed by atoms with E-state index in [9.17, 15) is 0 Å². The highest BCUT2D eigenvalue weighted by Crippen LogP contribution is 2.26. The number of anilines is 2. The number of rotatable bonds is 3. The van der Waals surface area contributed by atoms with E-state index in [0.29, 0.717) is 0 Å². The van der Waals surface area contributed by atoms with Crippen LogP contribution in [-0.2, 0) is 6.54 Å². The number of nitrogens with one attached hydrogen (secondary N) is 1. The molecule has 16 heavy (non-hydrogen) atoms. The lowest BCUT2D eigenvalue weighted by Gasteiger charge is -2.08. The lowest BCUT2D eigenvalue weighted by Crippen LogP contribution is -2.00. The van der Waals surface area contributed by atoms with Crippen LogP contribution in [0.4, 0.5) is 11.4 Å². The smallest absolute Gasteiger partial charge is 0.0931 e. The van der Waals surface area contributed by atoms with Gasteiger partial charge in [-0.2, -0.15) is 0 Å². The molecule has 1 aromatic heterocycles. The topological polar surface area (TPSA) is 38.0 Å². The normalized spacial score (nSPS) is 10.4. The van der Waals surface area contributed by atoms with Gasteiger partial charge in [-0.3, -0.25) is 0 Å². The van der Waals surface area contributed by atoms with Gasteiger partial charge in [0.2, 0.25) is 0 Å². The third-order valence-corrected chi connectivity index (χ3v) is 3.82. The van der Waals surface area contributed by atoms with E-state index in [2.05, 4.69) is 21.2 Å². The molecule has 0 aliphatic carbocycles. The van der Waals surface area contributed by atoms with Crippen LogP contribution in [-0.4, -0.2) is 0 Å². The quantitative estimate of drug-likeness (QED) is 0.826. The van der Waals surface area contributed by atoms with Crippen LogP contribution >= 0.6 is 38.9 Å². The molecule has 0 amide bonds. The summed E-state index contributed by atoms with van der Waals surface area (Å²) in [4.78, 5) is 1.19. The van der Waals surface area contributed by atoms with Crippen molar-refractivity contribution in [2.24, 2.45) is 0 Å². The molecule has 0 saturated heterocycles. The van der Waals surface area contributed by atoms with Crippen LogP contribution in [0.3, 0.4) is 0 Å². The van der Waals surface area contributed by atoms with Gasteiger partial charge in [0, 0.05) is 15.9 Å². The zero-order valence-corrected chi connectivity index (χ0v) is 11.5. The van der Waals surface area contributed by atoms with Crippen molar-refractivity contribution in [1.29, 1.82) is 0 Å². The summed E-state index contributed by atoms with van der Waals surface area (Å²) < 4.78 is 1.79. The third-order valence-electron chi connectivity index (χ3n) is 2.10. The Morgan fingerprint density at radius 2 is 2.12 bits per heavy atom. The lowest BCUT2D eigenvalue weighted by atomic mass is 10.2. The molecular weight excluding hydrogens is 308 g/mol. The van der Waals surface area contributed by atoms with E-state index in [1.54, 1.807) is 11.3 Å². The second-order valence-electron chi connectivity index (χ2n) is 3.29. The predicted octanol–water partition coefficient (Wildman–Crippen LogP) is 4.36. The summed E-state index contributed by atoms with van der Waals surface area (Å²) in [5, 5.41) is 3.28. The first-order valence-electron chi connectivity index (χ1n) is 4.68. The predicted molar refractivity (Wildman–Crippen MR) is 75.2 cm³/mol. The first-order valence-corrected chi connectivity index (χ1v) is 6.67. The summed E-state index contributed by atoms with van der Waals surface area (Å²) in [6.45, 7) is 0.739. The van der Waals surface area contributed by atoms with E-state index in [1.165, 1.54) is 4.88 Å². The molecule has 2 rings (SSSR count). The van der Waals surface area contributed by atoms with E-state index in [4.69, 9.17) is 17.3 Å². The number of hydrogen-bond donors (Lipinski definition) is 2.